The van der Waals surface area contributed by atoms with Crippen molar-refractivity contribution in [3.05, 3.63) is 34.0 Å². The lowest BCUT2D eigenvalue weighted by Gasteiger charge is -1.90. The molecule has 4 heteroatoms. The van der Waals surface area contributed by atoms with Crippen LogP contribution in [0.25, 0.3) is 11.0 Å². The molecule has 1 aromatic carbocycles. The Labute approximate surface area is 97.0 Å². The molecule has 0 radical (unpaired) electrons. The normalized spacial score (nSPS) is 10.2. The quantitative estimate of drug-likeness (QED) is 0.867. The summed E-state index contributed by atoms with van der Waals surface area (Å²) in [7, 11) is 0. The van der Waals surface area contributed by atoms with E-state index in [1.807, 2.05) is 25.1 Å². The third-order valence-electron chi connectivity index (χ3n) is 2.18. The van der Waals surface area contributed by atoms with E-state index < -0.39 is 0 Å². The summed E-state index contributed by atoms with van der Waals surface area (Å²) in [5.41, 5.74) is 7.59. The summed E-state index contributed by atoms with van der Waals surface area (Å²) < 4.78 is 6.62. The molecule has 2 N–H and O–H groups in total. The Morgan fingerprint density at radius 1 is 1.43 bits per heavy atom. The fourth-order valence-corrected chi connectivity index (χ4v) is 1.80. The van der Waals surface area contributed by atoms with Crippen LogP contribution in [0, 0.1) is 6.92 Å². The van der Waals surface area contributed by atoms with Gasteiger partial charge in [-0.15, -0.1) is 12.4 Å². The van der Waals surface area contributed by atoms with E-state index in [0.29, 0.717) is 6.54 Å². The van der Waals surface area contributed by atoms with E-state index in [0.717, 1.165) is 26.8 Å². The minimum Gasteiger partial charge on any atom is -0.459 e. The number of hydrogen-bond acceptors (Lipinski definition) is 2. The fourth-order valence-electron chi connectivity index (χ4n) is 1.44. The van der Waals surface area contributed by atoms with Gasteiger partial charge in [-0.1, -0.05) is 15.9 Å². The van der Waals surface area contributed by atoms with Crippen LogP contribution in [-0.4, -0.2) is 0 Å². The molecule has 0 unspecified atom stereocenters. The van der Waals surface area contributed by atoms with Crippen LogP contribution in [0.2, 0.25) is 0 Å². The second-order valence-electron chi connectivity index (χ2n) is 2.99. The van der Waals surface area contributed by atoms with E-state index in [1.54, 1.807) is 0 Å². The molecule has 0 aliphatic carbocycles. The highest BCUT2D eigenvalue weighted by atomic mass is 79.9. The maximum Gasteiger partial charge on any atom is 0.134 e. The van der Waals surface area contributed by atoms with Crippen LogP contribution < -0.4 is 5.73 Å². The first-order chi connectivity index (χ1) is 6.22. The van der Waals surface area contributed by atoms with Crippen molar-refractivity contribution in [3.8, 4) is 0 Å². The monoisotopic (exact) mass is 275 g/mol. The molecule has 0 saturated heterocycles. The number of aryl methyl sites for hydroxylation is 1. The molecule has 76 valence electrons. The number of hydrogen-bond donors (Lipinski definition) is 1. The maximum absolute atomic E-state index is 5.56. The van der Waals surface area contributed by atoms with Crippen LogP contribution in [0.5, 0.6) is 0 Å². The Balaban J connectivity index is 0.000000980. The van der Waals surface area contributed by atoms with Crippen molar-refractivity contribution in [1.82, 2.24) is 0 Å². The van der Waals surface area contributed by atoms with Gasteiger partial charge in [-0.25, -0.2) is 0 Å². The average molecular weight is 277 g/mol. The summed E-state index contributed by atoms with van der Waals surface area (Å²) in [6, 6.07) is 5.96. The highest BCUT2D eigenvalue weighted by Gasteiger charge is 2.08. The summed E-state index contributed by atoms with van der Waals surface area (Å²) in [5.74, 6) is 0.869. The van der Waals surface area contributed by atoms with E-state index in [-0.39, 0.29) is 12.4 Å². The van der Waals surface area contributed by atoms with Crippen molar-refractivity contribution < 1.29 is 4.42 Å². The Morgan fingerprint density at radius 2 is 2.14 bits per heavy atom. The van der Waals surface area contributed by atoms with E-state index in [4.69, 9.17) is 10.2 Å². The maximum atomic E-state index is 5.56. The molecule has 0 spiro atoms. The van der Waals surface area contributed by atoms with Gasteiger partial charge in [0, 0.05) is 9.86 Å². The first-order valence-electron chi connectivity index (χ1n) is 4.10. The number of halogens is 2. The van der Waals surface area contributed by atoms with Crippen LogP contribution in [0.15, 0.2) is 27.1 Å². The Hall–Kier alpha value is -0.510. The van der Waals surface area contributed by atoms with Gasteiger partial charge in [0.25, 0.3) is 0 Å². The van der Waals surface area contributed by atoms with Crippen LogP contribution in [0.3, 0.4) is 0 Å². The summed E-state index contributed by atoms with van der Waals surface area (Å²) in [6.07, 6.45) is 0. The highest BCUT2D eigenvalue weighted by molar-refractivity contribution is 9.10. The van der Waals surface area contributed by atoms with E-state index in [9.17, 15) is 0 Å². The molecular weight excluding hydrogens is 265 g/mol. The number of fused-ring (bicyclic) bond motifs is 1. The third-order valence-corrected chi connectivity index (χ3v) is 2.68. The van der Waals surface area contributed by atoms with Gasteiger partial charge in [0.1, 0.15) is 11.3 Å². The summed E-state index contributed by atoms with van der Waals surface area (Å²) in [6.45, 7) is 2.48. The molecule has 0 atom stereocenters. The first kappa shape index (κ1) is 11.6. The van der Waals surface area contributed by atoms with Gasteiger partial charge in [0.2, 0.25) is 0 Å². The van der Waals surface area contributed by atoms with Crippen molar-refractivity contribution in [2.45, 2.75) is 13.5 Å². The lowest BCUT2D eigenvalue weighted by Crippen LogP contribution is -1.95. The molecule has 0 saturated carbocycles. The molecule has 2 aromatic rings. The third kappa shape index (κ3) is 1.80. The van der Waals surface area contributed by atoms with Crippen LogP contribution >= 0.6 is 28.3 Å². The standard InChI is InChI=1S/C10H10BrNO.ClH/c1-6-8-4-7(11)2-3-9(8)13-10(6)5-12;/h2-4H,5,12H2,1H3;1H. The number of rotatable bonds is 1. The predicted molar refractivity (Wildman–Crippen MR) is 63.8 cm³/mol. The molecular formula is C10H11BrClNO. The highest BCUT2D eigenvalue weighted by Crippen LogP contribution is 2.27. The summed E-state index contributed by atoms with van der Waals surface area (Å²) in [4.78, 5) is 0. The molecule has 2 rings (SSSR count). The van der Waals surface area contributed by atoms with Crippen LogP contribution in [0.1, 0.15) is 11.3 Å². The summed E-state index contributed by atoms with van der Waals surface area (Å²) >= 11 is 3.42. The van der Waals surface area contributed by atoms with Crippen molar-refractivity contribution in [3.63, 3.8) is 0 Å². The van der Waals surface area contributed by atoms with Gasteiger partial charge in [0.05, 0.1) is 6.54 Å². The SMILES string of the molecule is Cc1c(CN)oc2ccc(Br)cc12.Cl. The van der Waals surface area contributed by atoms with Gasteiger partial charge < -0.3 is 10.2 Å². The van der Waals surface area contributed by atoms with Gasteiger partial charge in [-0.3, -0.25) is 0 Å². The fraction of sp³-hybridized carbons (Fsp3) is 0.200. The van der Waals surface area contributed by atoms with Gasteiger partial charge >= 0.3 is 0 Å². The van der Waals surface area contributed by atoms with Crippen molar-refractivity contribution >= 4 is 39.3 Å². The van der Waals surface area contributed by atoms with Crippen molar-refractivity contribution in [2.24, 2.45) is 5.73 Å². The molecule has 0 aliphatic rings. The van der Waals surface area contributed by atoms with E-state index in [1.165, 1.54) is 0 Å². The van der Waals surface area contributed by atoms with Crippen LogP contribution in [0.4, 0.5) is 0 Å². The zero-order valence-corrected chi connectivity index (χ0v) is 10.1. The van der Waals surface area contributed by atoms with Crippen molar-refractivity contribution in [2.75, 3.05) is 0 Å². The minimum absolute atomic E-state index is 0. The molecule has 0 amide bonds. The van der Waals surface area contributed by atoms with Crippen LogP contribution in [-0.2, 0) is 6.54 Å². The molecule has 0 aliphatic heterocycles. The number of nitrogens with two attached hydrogens (primary N) is 1. The Morgan fingerprint density at radius 3 is 2.79 bits per heavy atom. The largest absolute Gasteiger partial charge is 0.459 e. The lowest BCUT2D eigenvalue weighted by atomic mass is 10.1. The average Bonchev–Trinajstić information content (AvgIpc) is 2.44. The molecule has 14 heavy (non-hydrogen) atoms. The second-order valence-corrected chi connectivity index (χ2v) is 3.91. The Bertz CT molecular complexity index is 453. The van der Waals surface area contributed by atoms with Gasteiger partial charge in [0.15, 0.2) is 0 Å². The molecule has 2 nitrogen and oxygen atoms in total. The minimum atomic E-state index is 0. The zero-order valence-electron chi connectivity index (χ0n) is 7.71. The van der Waals surface area contributed by atoms with Gasteiger partial charge in [-0.2, -0.15) is 0 Å². The van der Waals surface area contributed by atoms with Crippen molar-refractivity contribution in [1.29, 1.82) is 0 Å². The molecule has 0 fully saturated rings. The number of benzene rings is 1. The smallest absolute Gasteiger partial charge is 0.134 e. The molecule has 0 bridgehead atoms. The molecule has 1 heterocycles. The second kappa shape index (κ2) is 4.34. The zero-order chi connectivity index (χ0) is 9.42. The molecule has 1 aromatic heterocycles. The summed E-state index contributed by atoms with van der Waals surface area (Å²) in [5, 5.41) is 1.13. The first-order valence-corrected chi connectivity index (χ1v) is 4.89. The number of furan rings is 1. The Kier molecular flexibility index (Phi) is 3.59. The lowest BCUT2D eigenvalue weighted by molar-refractivity contribution is 0.548. The van der Waals surface area contributed by atoms with E-state index >= 15 is 0 Å². The topological polar surface area (TPSA) is 39.2 Å². The van der Waals surface area contributed by atoms with E-state index in [2.05, 4.69) is 15.9 Å². The predicted octanol–water partition coefficient (Wildman–Crippen LogP) is 3.38. The van der Waals surface area contributed by atoms with Gasteiger partial charge in [-0.05, 0) is 30.7 Å².